The van der Waals surface area contributed by atoms with Gasteiger partial charge in [0.05, 0.1) is 31.5 Å². The number of ketones is 1. The Labute approximate surface area is 787 Å². The first-order valence-electron chi connectivity index (χ1n) is 39.9. The Kier molecular flexibility index (Phi) is 43.4. The molecule has 0 unspecified atom stereocenters. The molecule has 1 aliphatic rings. The molecule has 124 heavy (non-hydrogen) atoms. The van der Waals surface area contributed by atoms with Gasteiger partial charge in [0.2, 0.25) is 21.8 Å². The van der Waals surface area contributed by atoms with E-state index < -0.39 is 34.2 Å². The number of unbranched alkanes of at least 4 members (excludes halogenated alkanes) is 3. The number of Topliss-reactive ketones (excluding diaryl/α,β-unsaturated/α-hetero) is 1. The quantitative estimate of drug-likeness (QED) is 0.0211. The van der Waals surface area contributed by atoms with Crippen LogP contribution in [0.15, 0.2) is 223 Å². The van der Waals surface area contributed by atoms with Gasteiger partial charge in [-0.1, -0.05) is 225 Å². The summed E-state index contributed by atoms with van der Waals surface area (Å²) < 4.78 is 9.45. The summed E-state index contributed by atoms with van der Waals surface area (Å²) in [5.41, 5.74) is 11.4. The topological polar surface area (TPSA) is 243 Å². The van der Waals surface area contributed by atoms with Gasteiger partial charge in [-0.25, -0.2) is 39.9 Å². The largest absolute Gasteiger partial charge is 0.0622 e. The standard InChI is InChI=1S/2C18H15P.C17H19N7OS.C9H8ClN3S.C8H6ClN3OS.C6H3Cl2N3S.3C4H9.C3H5.CH4.2ClH.Pd.Sn/c2*1-4-10-16(11-5-1)19(17-12-6-2-7-13-17)18-14-8-3-9-15-18;1-10(11-5-4-6-19-9-11)20-17-21-12(15(25)24-7-2-3-8-24)13-14(23-17)22-16(18)26-13;1-4(2)6-7-8(11-5(3)14-7)13-9(10)12-6;1-3(13)5-6-7(10-4(2)14-6)12-8(9)11-5;1-2-9-5-3(12-2)4(7)10-6(8)11-5;3*1-3-4-2;1-3-2;;;;;/h2*1-15H;4-6,9-10H,2-3,7-8H2,1H3,(H3,18,20,21,22,23);1H2,2-3H3;1-2H3;1H3;3*1,3-4H2,2H3;1H2,2H3;1H4;2*1H;;/q;;;;;;;;;;;;;+2;/p-2/t;;10-;;;;;;;;;;;;/m..0............/s1. The molecule has 32 heteroatoms. The summed E-state index contributed by atoms with van der Waals surface area (Å²) in [6.45, 7) is 30.1. The molecule has 9 aromatic heterocycles. The van der Waals surface area contributed by atoms with Crippen LogP contribution in [0.3, 0.4) is 0 Å². The molecular weight excluding hydrogens is 1990 g/mol. The third kappa shape index (κ3) is 30.4. The zero-order chi connectivity index (χ0) is 88.4. The van der Waals surface area contributed by atoms with Gasteiger partial charge in [-0.3, -0.25) is 14.6 Å². The first-order chi connectivity index (χ1) is 59.4. The Bertz CT molecular complexity index is 5430. The van der Waals surface area contributed by atoms with E-state index in [1.807, 2.05) is 51.7 Å². The summed E-state index contributed by atoms with van der Waals surface area (Å²) in [6.07, 6.45) is 14.0. The number of halogens is 6. The van der Waals surface area contributed by atoms with Crippen molar-refractivity contribution in [3.63, 3.8) is 0 Å². The molecule has 652 valence electrons. The third-order valence-electron chi connectivity index (χ3n) is 19.1. The summed E-state index contributed by atoms with van der Waals surface area (Å²) in [4.78, 5) is 79.6. The van der Waals surface area contributed by atoms with Crippen molar-refractivity contribution in [1.29, 1.82) is 0 Å². The number of aryl methyl sites for hydroxylation is 3. The van der Waals surface area contributed by atoms with Crippen molar-refractivity contribution in [1.82, 2.24) is 69.7 Å². The van der Waals surface area contributed by atoms with Crippen molar-refractivity contribution < 1.29 is 25.5 Å². The summed E-state index contributed by atoms with van der Waals surface area (Å²) in [7, 11) is 8.74. The van der Waals surface area contributed by atoms with Crippen LogP contribution in [0, 0.1) is 20.8 Å². The number of hydrogen-bond donors (Lipinski definition) is 2. The maximum atomic E-state index is 12.9. The van der Waals surface area contributed by atoms with Crippen LogP contribution < -0.4 is 42.9 Å². The van der Waals surface area contributed by atoms with Crippen LogP contribution in [0.4, 0.5) is 11.1 Å². The van der Waals surface area contributed by atoms with E-state index in [0.29, 0.717) is 59.6 Å². The molecule has 15 aromatic rings. The molecule has 0 spiro atoms. The van der Waals surface area contributed by atoms with Gasteiger partial charge in [0, 0.05) is 32.4 Å². The van der Waals surface area contributed by atoms with E-state index in [1.54, 1.807) is 40.6 Å². The third-order valence-corrected chi connectivity index (χ3v) is 45.1. The van der Waals surface area contributed by atoms with Crippen LogP contribution in [-0.2, 0) is 15.9 Å². The Morgan fingerprint density at radius 1 is 0.484 bits per heavy atom. The summed E-state index contributed by atoms with van der Waals surface area (Å²) in [6, 6.07) is 68.4. The number of nitrogens with zero attached hydrogens (tertiary/aromatic N) is 14. The average Bonchev–Trinajstić information content (AvgIpc) is 1.63. The number of hydrogen-bond acceptors (Lipinski definition) is 21. The molecular formula is C92H102Cl6N16O2P2PdS4Sn. The first kappa shape index (κ1) is 102. The van der Waals surface area contributed by atoms with Gasteiger partial charge in [0.25, 0.3) is 5.91 Å². The van der Waals surface area contributed by atoms with Gasteiger partial charge in [0.15, 0.2) is 44.4 Å². The predicted octanol–water partition coefficient (Wildman–Crippen LogP) is 25.4. The van der Waals surface area contributed by atoms with Crippen molar-refractivity contribution in [3.05, 3.63) is 282 Å². The number of carbonyl (C=O) groups excluding carboxylic acids is 2. The van der Waals surface area contributed by atoms with Crippen molar-refractivity contribution in [2.24, 2.45) is 0 Å². The molecule has 0 saturated carbocycles. The number of aromatic nitrogens is 13. The molecule has 1 amide bonds. The van der Waals surface area contributed by atoms with Gasteiger partial charge in [0.1, 0.15) is 19.8 Å². The number of allylic oxidation sites excluding steroid dienone is 2. The van der Waals surface area contributed by atoms with Gasteiger partial charge in [-0.05, 0) is 147 Å². The molecule has 0 radical (unpaired) electrons. The van der Waals surface area contributed by atoms with Crippen molar-refractivity contribution >= 4 is 247 Å². The van der Waals surface area contributed by atoms with E-state index in [9.17, 15) is 9.59 Å². The smallest absolute Gasteiger partial charge is 0.0134 e. The van der Waals surface area contributed by atoms with E-state index in [2.05, 4.69) is 293 Å². The maximum Gasteiger partial charge on any atom is -0.0134 e. The predicted molar refractivity (Wildman–Crippen MR) is 534 cm³/mol. The van der Waals surface area contributed by atoms with Crippen molar-refractivity contribution in [3.8, 4) is 0 Å². The van der Waals surface area contributed by atoms with Crippen molar-refractivity contribution in [2.45, 2.75) is 147 Å². The Hall–Kier alpha value is -7.37. The number of likely N-dealkylation sites (tertiary alicyclic amines) is 1. The molecule has 3 N–H and O–H groups in total. The Balaban J connectivity index is 0.000000181. The zero-order valence-electron chi connectivity index (χ0n) is 70.1. The molecule has 16 rings (SSSR count). The van der Waals surface area contributed by atoms with Gasteiger partial charge >= 0.3 is 143 Å². The monoisotopic (exact) mass is 2090 g/mol. The van der Waals surface area contributed by atoms with E-state index >= 15 is 0 Å². The van der Waals surface area contributed by atoms with Crippen LogP contribution in [0.1, 0.15) is 161 Å². The summed E-state index contributed by atoms with van der Waals surface area (Å²) in [5.74, 6) is 0.153. The molecule has 6 aromatic carbocycles. The number of nitrogens with two attached hydrogens (primary N) is 1. The number of benzene rings is 6. The zero-order valence-corrected chi connectivity index (χ0v) is 84.1. The number of nitrogen functional groups attached to an aromatic ring is 1. The van der Waals surface area contributed by atoms with E-state index in [1.165, 1.54) is 111 Å². The molecule has 1 aliphatic heterocycles. The molecule has 1 saturated heterocycles. The number of fused-ring (bicyclic) bond motifs is 4. The molecule has 10 heterocycles. The molecule has 0 aliphatic carbocycles. The van der Waals surface area contributed by atoms with E-state index in [4.69, 9.17) is 71.2 Å². The molecule has 1 fully saturated rings. The van der Waals surface area contributed by atoms with Gasteiger partial charge in [-0.2, -0.15) is 19.9 Å². The normalized spacial score (nSPS) is 11.6. The van der Waals surface area contributed by atoms with Crippen LogP contribution in [0.25, 0.3) is 47.0 Å². The Morgan fingerprint density at radius 2 is 0.839 bits per heavy atom. The number of carbonyl (C=O) groups is 2. The fraction of sp³-hybridized carbons (Fsp3) is 0.272. The fourth-order valence-corrected chi connectivity index (χ4v) is 36.5. The van der Waals surface area contributed by atoms with Gasteiger partial charge < -0.3 is 16.0 Å². The van der Waals surface area contributed by atoms with Crippen LogP contribution in [-0.4, -0.2) is 113 Å². The van der Waals surface area contributed by atoms with Crippen LogP contribution in [0.2, 0.25) is 34.3 Å². The SMILES string of the molecule is C.C=C(C)c1nc(Cl)nc2nc(C)sc12.C=[C](C)[Sn]([CH2]CCC)([CH2]CCC)[CH2]CCC.CC(=O)c1nc(Cl)nc2nc(C)sc12.C[C@H](Nc1nc(C(=O)N2CCCC2)c2sc(N)nc2n1)c1cccnc1.Cc1nc2nc(Cl)nc(Cl)c2s1.[Cl][Pd][Cl].c1ccc(P(c2ccccc2)c2ccccc2)cc1.c1ccc(P(c2ccccc2)c2ccccc2)cc1. The first-order valence-corrected chi connectivity index (χ1v) is 58.9. The second-order valence-electron chi connectivity index (χ2n) is 28.3. The second-order valence-corrected chi connectivity index (χ2v) is 55.2. The summed E-state index contributed by atoms with van der Waals surface area (Å²) >= 11 is 26.5. The van der Waals surface area contributed by atoms with E-state index in [0.717, 1.165) is 67.2 Å². The second kappa shape index (κ2) is 52.8. The fourth-order valence-electron chi connectivity index (χ4n) is 13.1. The van der Waals surface area contributed by atoms with Crippen LogP contribution >= 0.6 is 127 Å². The van der Waals surface area contributed by atoms with Crippen LogP contribution in [0.5, 0.6) is 0 Å². The molecule has 18 nitrogen and oxygen atoms in total. The Morgan fingerprint density at radius 3 is 1.20 bits per heavy atom. The number of amides is 1. The molecule has 0 bridgehead atoms. The minimum atomic E-state index is -1.94. The molecule has 1 atom stereocenters. The number of rotatable bonds is 22. The number of anilines is 2. The minimum Gasteiger partial charge on any atom is -0.0622 e. The van der Waals surface area contributed by atoms with E-state index in [-0.39, 0.29) is 56.9 Å². The maximum absolute atomic E-state index is 12.9. The summed E-state index contributed by atoms with van der Waals surface area (Å²) in [5, 5.41) is 15.5. The number of pyridine rings is 1. The van der Waals surface area contributed by atoms with Crippen molar-refractivity contribution in [2.75, 3.05) is 24.1 Å². The number of nitrogens with one attached hydrogen (secondary N) is 1. The van der Waals surface area contributed by atoms with Gasteiger partial charge in [-0.15, -0.1) is 34.0 Å². The average molecular weight is 2090 g/mol. The number of thiazole rings is 4. The minimum absolute atomic E-state index is 0.